The number of aryl methyl sites for hydroxylation is 1. The molecule has 11 heteroatoms. The lowest BCUT2D eigenvalue weighted by atomic mass is 10.1. The highest BCUT2D eigenvalue weighted by Gasteiger charge is 2.26. The maximum absolute atomic E-state index is 11.8. The fourth-order valence-electron chi connectivity index (χ4n) is 2.74. The second-order valence-electron chi connectivity index (χ2n) is 5.86. The van der Waals surface area contributed by atoms with Gasteiger partial charge in [-0.2, -0.15) is 21.9 Å². The number of hydrogen-bond acceptors (Lipinski definition) is 7. The Hall–Kier alpha value is -2.86. The highest BCUT2D eigenvalue weighted by molar-refractivity contribution is 7.86. The molecule has 0 saturated heterocycles. The number of benzene rings is 3. The Morgan fingerprint density at radius 2 is 1.46 bits per heavy atom. The quantitative estimate of drug-likeness (QED) is 0.427. The molecule has 0 bridgehead atoms. The van der Waals surface area contributed by atoms with Gasteiger partial charge >= 0.3 is 0 Å². The van der Waals surface area contributed by atoms with Crippen molar-refractivity contribution in [1.29, 1.82) is 0 Å². The third-order valence-corrected chi connectivity index (χ3v) is 5.86. The largest absolute Gasteiger partial charge is 0.505 e. The van der Waals surface area contributed by atoms with Gasteiger partial charge < -0.3 is 5.11 Å². The highest BCUT2D eigenvalue weighted by Crippen LogP contribution is 2.43. The molecular formula is C17H14N2O7S2. The van der Waals surface area contributed by atoms with Crippen molar-refractivity contribution < 1.29 is 31.0 Å². The number of aromatic hydroxyl groups is 1. The number of phenols is 1. The van der Waals surface area contributed by atoms with E-state index in [1.165, 1.54) is 19.1 Å². The summed E-state index contributed by atoms with van der Waals surface area (Å²) in [4.78, 5) is -1.44. The molecule has 0 spiro atoms. The summed E-state index contributed by atoms with van der Waals surface area (Å²) in [5, 5.41) is 17.7. The molecule has 9 nitrogen and oxygen atoms in total. The summed E-state index contributed by atoms with van der Waals surface area (Å²) >= 11 is 0. The summed E-state index contributed by atoms with van der Waals surface area (Å²) in [5.74, 6) is -0.713. The van der Waals surface area contributed by atoms with Crippen molar-refractivity contribution in [1.82, 2.24) is 0 Å². The van der Waals surface area contributed by atoms with Crippen LogP contribution >= 0.6 is 0 Å². The van der Waals surface area contributed by atoms with Gasteiger partial charge in [0.05, 0.1) is 5.69 Å². The van der Waals surface area contributed by atoms with Crippen LogP contribution in [0.5, 0.6) is 5.75 Å². The van der Waals surface area contributed by atoms with E-state index in [0.717, 1.165) is 6.07 Å². The lowest BCUT2D eigenvalue weighted by Gasteiger charge is -2.12. The second kappa shape index (κ2) is 6.95. The number of hydrogen-bond donors (Lipinski definition) is 3. The molecule has 0 atom stereocenters. The first-order chi connectivity index (χ1) is 13.0. The molecular weight excluding hydrogens is 408 g/mol. The van der Waals surface area contributed by atoms with Gasteiger partial charge in [0.15, 0.2) is 5.75 Å². The van der Waals surface area contributed by atoms with Gasteiger partial charge in [-0.1, -0.05) is 30.3 Å². The molecule has 28 heavy (non-hydrogen) atoms. The average Bonchev–Trinajstić information content (AvgIpc) is 2.59. The maximum Gasteiger partial charge on any atom is 0.296 e. The number of azo groups is 1. The van der Waals surface area contributed by atoms with Gasteiger partial charge in [0, 0.05) is 10.8 Å². The molecule has 3 aromatic carbocycles. The highest BCUT2D eigenvalue weighted by atomic mass is 32.2. The Bertz CT molecular complexity index is 1320. The number of nitrogens with zero attached hydrogens (tertiary/aromatic N) is 2. The van der Waals surface area contributed by atoms with Crippen molar-refractivity contribution in [2.75, 3.05) is 0 Å². The van der Waals surface area contributed by atoms with Crippen molar-refractivity contribution in [3.63, 3.8) is 0 Å². The Morgan fingerprint density at radius 1 is 0.821 bits per heavy atom. The van der Waals surface area contributed by atoms with Crippen LogP contribution in [0, 0.1) is 6.92 Å². The standard InChI is InChI=1S/C17H14N2O7S2/c1-10-7-8-12-13(17(10)28(24,25)26)9-14(27(21,22)23)15(16(12)20)19-18-11-5-3-2-4-6-11/h2-9,20H,1H3,(H,21,22,23)(H,24,25,26). The van der Waals surface area contributed by atoms with E-state index in [0.29, 0.717) is 5.69 Å². The molecule has 0 aliphatic carbocycles. The van der Waals surface area contributed by atoms with Crippen LogP contribution in [0.15, 0.2) is 68.6 Å². The van der Waals surface area contributed by atoms with Crippen LogP contribution in [0.3, 0.4) is 0 Å². The summed E-state index contributed by atoms with van der Waals surface area (Å²) in [6.07, 6.45) is 0. The van der Waals surface area contributed by atoms with E-state index in [1.807, 2.05) is 0 Å². The molecule has 0 unspecified atom stereocenters. The van der Waals surface area contributed by atoms with Crippen molar-refractivity contribution in [3.05, 3.63) is 54.1 Å². The van der Waals surface area contributed by atoms with Gasteiger partial charge in [0.25, 0.3) is 20.2 Å². The van der Waals surface area contributed by atoms with Crippen LogP contribution in [0.25, 0.3) is 10.8 Å². The van der Waals surface area contributed by atoms with Crippen LogP contribution in [0.2, 0.25) is 0 Å². The van der Waals surface area contributed by atoms with E-state index in [-0.39, 0.29) is 16.3 Å². The Labute approximate surface area is 160 Å². The monoisotopic (exact) mass is 422 g/mol. The Balaban J connectivity index is 2.41. The minimum atomic E-state index is -4.92. The zero-order chi connectivity index (χ0) is 20.7. The predicted molar refractivity (Wildman–Crippen MR) is 101 cm³/mol. The summed E-state index contributed by atoms with van der Waals surface area (Å²) in [6, 6.07) is 11.7. The number of fused-ring (bicyclic) bond motifs is 1. The minimum Gasteiger partial charge on any atom is -0.505 e. The van der Waals surface area contributed by atoms with Gasteiger partial charge in [-0.15, -0.1) is 5.11 Å². The van der Waals surface area contributed by atoms with E-state index in [2.05, 4.69) is 10.2 Å². The zero-order valence-electron chi connectivity index (χ0n) is 14.3. The van der Waals surface area contributed by atoms with Gasteiger partial charge in [0.2, 0.25) is 0 Å². The van der Waals surface area contributed by atoms with Gasteiger partial charge in [-0.3, -0.25) is 9.11 Å². The van der Waals surface area contributed by atoms with E-state index in [9.17, 15) is 31.0 Å². The third-order valence-electron chi connectivity index (χ3n) is 3.94. The first kappa shape index (κ1) is 19.9. The second-order valence-corrected chi connectivity index (χ2v) is 8.61. The van der Waals surface area contributed by atoms with Crippen molar-refractivity contribution in [2.24, 2.45) is 10.2 Å². The summed E-state index contributed by atoms with van der Waals surface area (Å²) in [5.41, 5.74) is -0.0934. The summed E-state index contributed by atoms with van der Waals surface area (Å²) < 4.78 is 66.3. The number of phenolic OH excluding ortho intramolecular Hbond substituents is 1. The van der Waals surface area contributed by atoms with E-state index in [4.69, 9.17) is 0 Å². The van der Waals surface area contributed by atoms with Crippen molar-refractivity contribution >= 4 is 42.4 Å². The first-order valence-electron chi connectivity index (χ1n) is 7.71. The van der Waals surface area contributed by atoms with Crippen LogP contribution in [-0.2, 0) is 20.2 Å². The normalized spacial score (nSPS) is 12.7. The van der Waals surface area contributed by atoms with Gasteiger partial charge in [0.1, 0.15) is 15.5 Å². The van der Waals surface area contributed by atoms with Crippen LogP contribution in [0.4, 0.5) is 11.4 Å². The lowest BCUT2D eigenvalue weighted by molar-refractivity contribution is 0.471. The van der Waals surface area contributed by atoms with E-state index >= 15 is 0 Å². The molecule has 3 aromatic rings. The molecule has 3 rings (SSSR count). The molecule has 3 N–H and O–H groups in total. The smallest absolute Gasteiger partial charge is 0.296 e. The van der Waals surface area contributed by atoms with Crippen molar-refractivity contribution in [2.45, 2.75) is 16.7 Å². The average molecular weight is 422 g/mol. The maximum atomic E-state index is 11.8. The topological polar surface area (TPSA) is 154 Å². The fourth-order valence-corrected chi connectivity index (χ4v) is 4.31. The van der Waals surface area contributed by atoms with E-state index < -0.39 is 41.5 Å². The van der Waals surface area contributed by atoms with Gasteiger partial charge in [-0.05, 0) is 30.7 Å². The Kier molecular flexibility index (Phi) is 4.93. The van der Waals surface area contributed by atoms with Gasteiger partial charge in [-0.25, -0.2) is 0 Å². The summed E-state index contributed by atoms with van der Waals surface area (Å²) in [7, 11) is -9.67. The fraction of sp³-hybridized carbons (Fsp3) is 0.0588. The van der Waals surface area contributed by atoms with E-state index in [1.54, 1.807) is 30.3 Å². The van der Waals surface area contributed by atoms with Crippen LogP contribution in [-0.4, -0.2) is 31.0 Å². The molecule has 0 fully saturated rings. The molecule has 0 aromatic heterocycles. The molecule has 0 heterocycles. The Morgan fingerprint density at radius 3 is 2.04 bits per heavy atom. The molecule has 0 radical (unpaired) electrons. The third kappa shape index (κ3) is 3.73. The van der Waals surface area contributed by atoms with Crippen molar-refractivity contribution in [3.8, 4) is 5.75 Å². The minimum absolute atomic E-state index is 0.0902. The SMILES string of the molecule is Cc1ccc2c(O)c(N=Nc3ccccc3)c(S(=O)(=O)O)cc2c1S(=O)(=O)O. The molecule has 0 saturated carbocycles. The predicted octanol–water partition coefficient (Wildman–Crippen LogP) is 3.76. The number of rotatable bonds is 4. The zero-order valence-corrected chi connectivity index (χ0v) is 15.9. The molecule has 0 aliphatic rings. The summed E-state index contributed by atoms with van der Waals surface area (Å²) in [6.45, 7) is 1.38. The molecule has 0 aliphatic heterocycles. The molecule has 0 amide bonds. The molecule has 146 valence electrons. The lowest BCUT2D eigenvalue weighted by Crippen LogP contribution is -2.04. The first-order valence-corrected chi connectivity index (χ1v) is 10.6. The van der Waals surface area contributed by atoms with Crippen LogP contribution in [0.1, 0.15) is 5.56 Å². The van der Waals surface area contributed by atoms with Crippen LogP contribution < -0.4 is 0 Å².